The van der Waals surface area contributed by atoms with Crippen molar-refractivity contribution in [2.24, 2.45) is 0 Å². The van der Waals surface area contributed by atoms with Gasteiger partial charge < -0.3 is 14.8 Å². The van der Waals surface area contributed by atoms with E-state index in [0.29, 0.717) is 23.5 Å². The molecule has 0 aliphatic carbocycles. The molecular weight excluding hydrogens is 369 g/mol. The van der Waals surface area contributed by atoms with Crippen LogP contribution in [0.3, 0.4) is 0 Å². The molecule has 1 aliphatic heterocycles. The quantitative estimate of drug-likeness (QED) is 0.435. The first-order valence-electron chi connectivity index (χ1n) is 7.58. The van der Waals surface area contributed by atoms with Crippen molar-refractivity contribution in [3.05, 3.63) is 40.5 Å². The van der Waals surface area contributed by atoms with Crippen LogP contribution < -0.4 is 14.8 Å². The number of methoxy groups -OCH3 is 2. The Labute approximate surface area is 160 Å². The summed E-state index contributed by atoms with van der Waals surface area (Å²) in [7, 11) is 3.00. The monoisotopic (exact) mass is 393 g/mol. The van der Waals surface area contributed by atoms with Crippen molar-refractivity contribution in [3.8, 4) is 11.5 Å². The molecular formula is C16H25Cl2N3O4. The van der Waals surface area contributed by atoms with Gasteiger partial charge in [0.1, 0.15) is 0 Å². The van der Waals surface area contributed by atoms with Crippen LogP contribution in [0, 0.1) is 10.1 Å². The van der Waals surface area contributed by atoms with Crippen LogP contribution >= 0.6 is 24.8 Å². The zero-order valence-electron chi connectivity index (χ0n) is 14.4. The summed E-state index contributed by atoms with van der Waals surface area (Å²) in [5.74, 6) is 0.859. The SMILES string of the molecule is C=CC[C@H](c1cc(OC)c(OC)cc1[N+](=O)[O-])N1CCNCC1.Cl.Cl. The third kappa shape index (κ3) is 5.47. The van der Waals surface area contributed by atoms with Crippen LogP contribution in [0.5, 0.6) is 11.5 Å². The smallest absolute Gasteiger partial charge is 0.278 e. The molecule has 25 heavy (non-hydrogen) atoms. The molecule has 1 atom stereocenters. The molecule has 7 nitrogen and oxygen atoms in total. The van der Waals surface area contributed by atoms with Crippen molar-refractivity contribution in [2.75, 3.05) is 40.4 Å². The zero-order chi connectivity index (χ0) is 16.8. The van der Waals surface area contributed by atoms with Gasteiger partial charge in [-0.25, -0.2) is 0 Å². The molecule has 1 aliphatic rings. The maximum absolute atomic E-state index is 11.5. The van der Waals surface area contributed by atoms with E-state index in [4.69, 9.17) is 9.47 Å². The Kier molecular flexibility index (Phi) is 10.5. The lowest BCUT2D eigenvalue weighted by Gasteiger charge is -2.34. The summed E-state index contributed by atoms with van der Waals surface area (Å²) in [4.78, 5) is 13.4. The third-order valence-electron chi connectivity index (χ3n) is 4.07. The maximum atomic E-state index is 11.5. The summed E-state index contributed by atoms with van der Waals surface area (Å²) in [6, 6.07) is 3.05. The average Bonchev–Trinajstić information content (AvgIpc) is 2.59. The van der Waals surface area contributed by atoms with Gasteiger partial charge in [-0.3, -0.25) is 15.0 Å². The Hall–Kier alpha value is -1.54. The standard InChI is InChI=1S/C16H23N3O4.2ClH/c1-4-5-13(18-8-6-17-7-9-18)12-10-15(22-2)16(23-3)11-14(12)19(20)21;;/h4,10-11,13,17H,1,5-9H2,2-3H3;2*1H/t13-;;/m1../s1. The molecule has 0 saturated carbocycles. The molecule has 2 rings (SSSR count). The average molecular weight is 394 g/mol. The largest absolute Gasteiger partial charge is 0.493 e. The molecule has 1 N–H and O–H groups in total. The van der Waals surface area contributed by atoms with E-state index in [1.165, 1.54) is 20.3 Å². The predicted molar refractivity (Wildman–Crippen MR) is 103 cm³/mol. The van der Waals surface area contributed by atoms with Crippen LogP contribution in [0.15, 0.2) is 24.8 Å². The molecule has 0 bridgehead atoms. The van der Waals surface area contributed by atoms with Gasteiger partial charge in [0, 0.05) is 32.2 Å². The minimum atomic E-state index is -0.365. The topological polar surface area (TPSA) is 76.9 Å². The molecule has 142 valence electrons. The number of rotatable bonds is 7. The lowest BCUT2D eigenvalue weighted by molar-refractivity contribution is -0.386. The van der Waals surface area contributed by atoms with Gasteiger partial charge in [0.15, 0.2) is 11.5 Å². The lowest BCUT2D eigenvalue weighted by Crippen LogP contribution is -2.45. The van der Waals surface area contributed by atoms with E-state index in [1.807, 2.05) is 0 Å². The Bertz CT molecular complexity index is 581. The van der Waals surface area contributed by atoms with Gasteiger partial charge in [-0.1, -0.05) is 6.08 Å². The van der Waals surface area contributed by atoms with Crippen LogP contribution in [0.4, 0.5) is 5.69 Å². The van der Waals surface area contributed by atoms with Gasteiger partial charge in [0.2, 0.25) is 0 Å². The van der Waals surface area contributed by atoms with Crippen LogP contribution in [0.1, 0.15) is 18.0 Å². The highest BCUT2D eigenvalue weighted by Crippen LogP contribution is 2.40. The minimum absolute atomic E-state index is 0. The second-order valence-electron chi connectivity index (χ2n) is 5.35. The third-order valence-corrected chi connectivity index (χ3v) is 4.07. The number of nitrogens with zero attached hydrogens (tertiary/aromatic N) is 2. The van der Waals surface area contributed by atoms with Gasteiger partial charge in [-0.15, -0.1) is 31.4 Å². The van der Waals surface area contributed by atoms with Crippen molar-refractivity contribution >= 4 is 30.5 Å². The molecule has 0 unspecified atom stereocenters. The highest BCUT2D eigenvalue weighted by Gasteiger charge is 2.29. The first-order chi connectivity index (χ1) is 11.1. The number of halogens is 2. The number of nitro groups is 1. The summed E-state index contributed by atoms with van der Waals surface area (Å²) < 4.78 is 10.5. The van der Waals surface area contributed by atoms with Gasteiger partial charge in [0.05, 0.1) is 30.8 Å². The molecule has 1 aromatic rings. The number of benzene rings is 1. The first kappa shape index (κ1) is 23.5. The van der Waals surface area contributed by atoms with Crippen molar-refractivity contribution in [1.29, 1.82) is 0 Å². The number of piperazine rings is 1. The molecule has 0 spiro atoms. The van der Waals surface area contributed by atoms with E-state index in [0.717, 1.165) is 26.2 Å². The van der Waals surface area contributed by atoms with E-state index in [2.05, 4.69) is 16.8 Å². The van der Waals surface area contributed by atoms with Gasteiger partial charge >= 0.3 is 0 Å². The molecule has 0 aromatic heterocycles. The highest BCUT2D eigenvalue weighted by molar-refractivity contribution is 5.85. The van der Waals surface area contributed by atoms with E-state index in [1.54, 1.807) is 12.1 Å². The fourth-order valence-electron chi connectivity index (χ4n) is 2.93. The maximum Gasteiger partial charge on any atom is 0.278 e. The number of nitrogens with one attached hydrogen (secondary N) is 1. The van der Waals surface area contributed by atoms with Crippen LogP contribution in [-0.2, 0) is 0 Å². The second kappa shape index (κ2) is 11.1. The summed E-state index contributed by atoms with van der Waals surface area (Å²) in [6.07, 6.45) is 2.43. The lowest BCUT2D eigenvalue weighted by atomic mass is 9.98. The fourth-order valence-corrected chi connectivity index (χ4v) is 2.93. The Balaban J connectivity index is 0.00000288. The molecule has 9 heteroatoms. The normalized spacial score (nSPS) is 15.3. The fraction of sp³-hybridized carbons (Fsp3) is 0.500. The van der Waals surface area contributed by atoms with Gasteiger partial charge in [-0.05, 0) is 12.5 Å². The van der Waals surface area contributed by atoms with E-state index < -0.39 is 0 Å². The summed E-state index contributed by atoms with van der Waals surface area (Å²) in [5, 5.41) is 14.8. The van der Waals surface area contributed by atoms with Crippen molar-refractivity contribution in [3.63, 3.8) is 0 Å². The molecule has 1 aromatic carbocycles. The van der Waals surface area contributed by atoms with Crippen molar-refractivity contribution in [1.82, 2.24) is 10.2 Å². The van der Waals surface area contributed by atoms with E-state index in [9.17, 15) is 10.1 Å². The molecule has 1 heterocycles. The number of hydrogen-bond donors (Lipinski definition) is 1. The van der Waals surface area contributed by atoms with Crippen molar-refractivity contribution in [2.45, 2.75) is 12.5 Å². The number of nitro benzene ring substituents is 1. The van der Waals surface area contributed by atoms with E-state index >= 15 is 0 Å². The summed E-state index contributed by atoms with van der Waals surface area (Å²) in [6.45, 7) is 7.22. The Morgan fingerprint density at radius 2 is 1.84 bits per heavy atom. The first-order valence-corrected chi connectivity index (χ1v) is 7.58. The van der Waals surface area contributed by atoms with Crippen LogP contribution in [0.25, 0.3) is 0 Å². The van der Waals surface area contributed by atoms with Crippen LogP contribution in [0.2, 0.25) is 0 Å². The highest BCUT2D eigenvalue weighted by atomic mass is 35.5. The number of ether oxygens (including phenoxy) is 2. The van der Waals surface area contributed by atoms with Crippen molar-refractivity contribution < 1.29 is 14.4 Å². The summed E-state index contributed by atoms with van der Waals surface area (Å²) in [5.41, 5.74) is 0.683. The van der Waals surface area contributed by atoms with E-state index in [-0.39, 0.29) is 41.5 Å². The molecule has 1 saturated heterocycles. The molecule has 0 radical (unpaired) electrons. The summed E-state index contributed by atoms with van der Waals surface area (Å²) >= 11 is 0. The van der Waals surface area contributed by atoms with Gasteiger partial charge in [0.25, 0.3) is 5.69 Å². The van der Waals surface area contributed by atoms with Gasteiger partial charge in [-0.2, -0.15) is 0 Å². The zero-order valence-corrected chi connectivity index (χ0v) is 16.0. The predicted octanol–water partition coefficient (Wildman–Crippen LogP) is 2.98. The number of hydrogen-bond acceptors (Lipinski definition) is 6. The van der Waals surface area contributed by atoms with Crippen LogP contribution in [-0.4, -0.2) is 50.2 Å². The molecule has 0 amide bonds. The minimum Gasteiger partial charge on any atom is -0.493 e. The Morgan fingerprint density at radius 3 is 2.32 bits per heavy atom. The second-order valence-corrected chi connectivity index (χ2v) is 5.35. The Morgan fingerprint density at radius 1 is 1.28 bits per heavy atom. The molecule has 1 fully saturated rings.